The lowest BCUT2D eigenvalue weighted by atomic mass is 10.2. The molecule has 0 heterocycles. The summed E-state index contributed by atoms with van der Waals surface area (Å²) in [5.41, 5.74) is -0.817. The molecule has 0 aromatic heterocycles. The molecule has 1 aliphatic rings. The lowest BCUT2D eigenvalue weighted by Gasteiger charge is -2.23. The molecule has 122 valence electrons. The first kappa shape index (κ1) is 16.9. The number of amides is 1. The van der Waals surface area contributed by atoms with Gasteiger partial charge in [0.2, 0.25) is 0 Å². The number of nitrogens with one attached hydrogen (secondary N) is 1. The number of carbonyl (C=O) groups is 1. The van der Waals surface area contributed by atoms with Crippen molar-refractivity contribution in [3.05, 3.63) is 22.7 Å². The maximum absolute atomic E-state index is 11.9. The first-order valence-electron chi connectivity index (χ1n) is 7.21. The third-order valence-corrected chi connectivity index (χ3v) is 3.91. The summed E-state index contributed by atoms with van der Waals surface area (Å²) in [4.78, 5) is 11.9. The van der Waals surface area contributed by atoms with Gasteiger partial charge in [0, 0.05) is 6.07 Å². The molecular formula is C16H22BrNO4. The second kappa shape index (κ2) is 6.36. The summed E-state index contributed by atoms with van der Waals surface area (Å²) in [5, 5.41) is 2.91. The van der Waals surface area contributed by atoms with Crippen LogP contribution in [0.5, 0.6) is 11.5 Å². The highest BCUT2D eigenvalue weighted by Gasteiger charge is 2.46. The summed E-state index contributed by atoms with van der Waals surface area (Å²) in [7, 11) is 1.61. The zero-order valence-corrected chi connectivity index (χ0v) is 15.0. The smallest absolute Gasteiger partial charge is 0.408 e. The fourth-order valence-corrected chi connectivity index (χ4v) is 2.34. The van der Waals surface area contributed by atoms with E-state index < -0.39 is 11.7 Å². The van der Waals surface area contributed by atoms with Crippen LogP contribution in [0.25, 0.3) is 0 Å². The van der Waals surface area contributed by atoms with Crippen LogP contribution in [0.2, 0.25) is 0 Å². The van der Waals surface area contributed by atoms with Gasteiger partial charge in [-0.1, -0.05) is 0 Å². The third kappa shape index (κ3) is 4.80. The number of ether oxygens (including phenoxy) is 3. The number of hydrogen-bond donors (Lipinski definition) is 1. The SMILES string of the molecule is COc1cc(OCC2(NC(=O)OC(C)(C)C)CC2)ccc1Br. The molecule has 0 radical (unpaired) electrons. The van der Waals surface area contributed by atoms with E-state index in [-0.39, 0.29) is 5.54 Å². The number of carbonyl (C=O) groups excluding carboxylic acids is 1. The molecule has 0 bridgehead atoms. The second-order valence-corrected chi connectivity index (χ2v) is 7.35. The van der Waals surface area contributed by atoms with Gasteiger partial charge in [-0.3, -0.25) is 0 Å². The third-order valence-electron chi connectivity index (χ3n) is 3.26. The van der Waals surface area contributed by atoms with Gasteiger partial charge >= 0.3 is 6.09 Å². The van der Waals surface area contributed by atoms with E-state index in [4.69, 9.17) is 14.2 Å². The molecule has 1 aromatic rings. The van der Waals surface area contributed by atoms with Gasteiger partial charge in [0.15, 0.2) is 0 Å². The molecule has 0 atom stereocenters. The molecule has 5 nitrogen and oxygen atoms in total. The summed E-state index contributed by atoms with van der Waals surface area (Å²) < 4.78 is 17.2. The van der Waals surface area contributed by atoms with Crippen molar-refractivity contribution in [1.82, 2.24) is 5.32 Å². The molecule has 0 spiro atoms. The zero-order valence-electron chi connectivity index (χ0n) is 13.4. The van der Waals surface area contributed by atoms with E-state index in [9.17, 15) is 4.79 Å². The van der Waals surface area contributed by atoms with Crippen LogP contribution in [-0.4, -0.2) is 30.9 Å². The average Bonchev–Trinajstić information content (AvgIpc) is 3.15. The molecule has 1 saturated carbocycles. The summed E-state index contributed by atoms with van der Waals surface area (Å²) in [6, 6.07) is 5.54. The van der Waals surface area contributed by atoms with E-state index in [0.717, 1.165) is 17.3 Å². The molecule has 2 rings (SSSR count). The Kier molecular flexibility index (Phi) is 4.90. The fraction of sp³-hybridized carbons (Fsp3) is 0.562. The van der Waals surface area contributed by atoms with Crippen LogP contribution >= 0.6 is 15.9 Å². The maximum Gasteiger partial charge on any atom is 0.408 e. The van der Waals surface area contributed by atoms with Crippen LogP contribution < -0.4 is 14.8 Å². The number of hydrogen-bond acceptors (Lipinski definition) is 4. The Hall–Kier alpha value is -1.43. The number of benzene rings is 1. The van der Waals surface area contributed by atoms with Gasteiger partial charge in [-0.15, -0.1) is 0 Å². The lowest BCUT2D eigenvalue weighted by Crippen LogP contribution is -2.44. The Morgan fingerprint density at radius 1 is 1.36 bits per heavy atom. The van der Waals surface area contributed by atoms with Crippen molar-refractivity contribution in [2.75, 3.05) is 13.7 Å². The predicted molar refractivity (Wildman–Crippen MR) is 87.5 cm³/mol. The van der Waals surface area contributed by atoms with Crippen molar-refractivity contribution in [2.24, 2.45) is 0 Å². The monoisotopic (exact) mass is 371 g/mol. The Morgan fingerprint density at radius 3 is 2.59 bits per heavy atom. The minimum atomic E-state index is -0.500. The molecule has 1 fully saturated rings. The van der Waals surface area contributed by atoms with Crippen molar-refractivity contribution in [3.8, 4) is 11.5 Å². The highest BCUT2D eigenvalue weighted by atomic mass is 79.9. The van der Waals surface area contributed by atoms with Gasteiger partial charge < -0.3 is 19.5 Å². The Morgan fingerprint density at radius 2 is 2.05 bits per heavy atom. The molecule has 1 N–H and O–H groups in total. The highest BCUT2D eigenvalue weighted by molar-refractivity contribution is 9.10. The van der Waals surface area contributed by atoms with Crippen molar-refractivity contribution >= 4 is 22.0 Å². The van der Waals surface area contributed by atoms with E-state index in [1.807, 2.05) is 39.0 Å². The van der Waals surface area contributed by atoms with Crippen LogP contribution in [0.15, 0.2) is 22.7 Å². The van der Waals surface area contributed by atoms with Gasteiger partial charge in [-0.05, 0) is 61.7 Å². The van der Waals surface area contributed by atoms with Crippen LogP contribution in [0, 0.1) is 0 Å². The number of halogens is 1. The summed E-state index contributed by atoms with van der Waals surface area (Å²) in [6.07, 6.45) is 1.38. The fourth-order valence-electron chi connectivity index (χ4n) is 1.93. The Bertz CT molecular complexity index is 550. The van der Waals surface area contributed by atoms with Gasteiger partial charge in [0.05, 0.1) is 17.1 Å². The molecule has 6 heteroatoms. The standard InChI is InChI=1S/C16H22BrNO4/c1-15(2,3)22-14(19)18-16(7-8-16)10-21-11-5-6-12(17)13(9-11)20-4/h5-6,9H,7-8,10H2,1-4H3,(H,18,19). The molecule has 1 amide bonds. The largest absolute Gasteiger partial charge is 0.495 e. The number of rotatable bonds is 5. The van der Waals surface area contributed by atoms with Gasteiger partial charge in [-0.2, -0.15) is 0 Å². The minimum Gasteiger partial charge on any atom is -0.495 e. The first-order valence-corrected chi connectivity index (χ1v) is 8.00. The van der Waals surface area contributed by atoms with Gasteiger partial charge in [-0.25, -0.2) is 4.79 Å². The topological polar surface area (TPSA) is 56.8 Å². The quantitative estimate of drug-likeness (QED) is 0.852. The van der Waals surface area contributed by atoms with Crippen molar-refractivity contribution in [2.45, 2.75) is 44.8 Å². The van der Waals surface area contributed by atoms with E-state index in [1.165, 1.54) is 0 Å². The number of alkyl carbamates (subject to hydrolysis) is 1. The molecule has 1 aromatic carbocycles. The predicted octanol–water partition coefficient (Wildman–Crippen LogP) is 3.89. The van der Waals surface area contributed by atoms with Crippen molar-refractivity contribution in [1.29, 1.82) is 0 Å². The van der Waals surface area contributed by atoms with Crippen LogP contribution in [0.3, 0.4) is 0 Å². The maximum atomic E-state index is 11.9. The molecule has 22 heavy (non-hydrogen) atoms. The van der Waals surface area contributed by atoms with E-state index in [2.05, 4.69) is 21.2 Å². The van der Waals surface area contributed by atoms with Crippen LogP contribution in [0.1, 0.15) is 33.6 Å². The van der Waals surface area contributed by atoms with E-state index in [0.29, 0.717) is 18.1 Å². The summed E-state index contributed by atoms with van der Waals surface area (Å²) >= 11 is 3.40. The zero-order chi connectivity index (χ0) is 16.4. The normalized spacial score (nSPS) is 15.9. The minimum absolute atomic E-state index is 0.317. The summed E-state index contributed by atoms with van der Waals surface area (Å²) in [5.74, 6) is 1.42. The van der Waals surface area contributed by atoms with E-state index in [1.54, 1.807) is 7.11 Å². The van der Waals surface area contributed by atoms with Gasteiger partial charge in [0.25, 0.3) is 0 Å². The Balaban J connectivity index is 1.89. The van der Waals surface area contributed by atoms with Crippen LogP contribution in [0.4, 0.5) is 4.79 Å². The van der Waals surface area contributed by atoms with E-state index >= 15 is 0 Å². The lowest BCUT2D eigenvalue weighted by molar-refractivity contribution is 0.0477. The van der Waals surface area contributed by atoms with Crippen molar-refractivity contribution < 1.29 is 19.0 Å². The highest BCUT2D eigenvalue weighted by Crippen LogP contribution is 2.37. The molecule has 0 saturated heterocycles. The molecular weight excluding hydrogens is 350 g/mol. The molecule has 0 aliphatic heterocycles. The average molecular weight is 372 g/mol. The molecule has 1 aliphatic carbocycles. The van der Waals surface area contributed by atoms with Crippen LogP contribution in [-0.2, 0) is 4.74 Å². The first-order chi connectivity index (χ1) is 10.2. The number of methoxy groups -OCH3 is 1. The second-order valence-electron chi connectivity index (χ2n) is 6.49. The summed E-state index contributed by atoms with van der Waals surface area (Å²) in [6.45, 7) is 5.95. The van der Waals surface area contributed by atoms with Gasteiger partial charge in [0.1, 0.15) is 23.7 Å². The Labute approximate surface area is 139 Å². The van der Waals surface area contributed by atoms with Crippen molar-refractivity contribution in [3.63, 3.8) is 0 Å². The molecule has 0 unspecified atom stereocenters.